The lowest BCUT2D eigenvalue weighted by Gasteiger charge is -2.53. The van der Waals surface area contributed by atoms with Gasteiger partial charge in [-0.05, 0) is 94.5 Å². The Kier molecular flexibility index (Phi) is 6.32. The van der Waals surface area contributed by atoms with E-state index in [4.69, 9.17) is 9.47 Å². The summed E-state index contributed by atoms with van der Waals surface area (Å²) in [6, 6.07) is 19.0. The molecule has 0 amide bonds. The van der Waals surface area contributed by atoms with Crippen LogP contribution in [0.3, 0.4) is 0 Å². The van der Waals surface area contributed by atoms with Crippen molar-refractivity contribution in [1.29, 1.82) is 0 Å². The van der Waals surface area contributed by atoms with Crippen molar-refractivity contribution in [3.8, 4) is 46.0 Å². The number of benzene rings is 4. The zero-order chi connectivity index (χ0) is 27.1. The van der Waals surface area contributed by atoms with E-state index in [2.05, 4.69) is 0 Å². The Labute approximate surface area is 219 Å². The van der Waals surface area contributed by atoms with Crippen molar-refractivity contribution in [1.82, 2.24) is 0 Å². The number of ether oxygens (including phenoxy) is 2. The van der Waals surface area contributed by atoms with Gasteiger partial charge in [0.2, 0.25) is 0 Å². The van der Waals surface area contributed by atoms with E-state index in [0.717, 1.165) is 11.1 Å². The fraction of sp³-hybridized carbons (Fsp3) is 0.200. The van der Waals surface area contributed by atoms with Gasteiger partial charge in [0, 0.05) is 12.1 Å². The molecule has 1 aliphatic rings. The van der Waals surface area contributed by atoms with E-state index in [1.165, 1.54) is 26.4 Å². The number of rotatable bonds is 6. The highest BCUT2D eigenvalue weighted by molar-refractivity contribution is 5.56. The van der Waals surface area contributed by atoms with Gasteiger partial charge >= 0.3 is 0 Å². The molecule has 0 saturated heterocycles. The van der Waals surface area contributed by atoms with Crippen LogP contribution < -0.4 is 9.47 Å². The lowest BCUT2D eigenvalue weighted by molar-refractivity contribution is 0.225. The number of phenols is 6. The molecule has 0 radical (unpaired) electrons. The van der Waals surface area contributed by atoms with Crippen LogP contribution in [0.15, 0.2) is 72.8 Å². The largest absolute Gasteiger partial charge is 0.508 e. The average molecular weight is 517 g/mol. The molecular weight excluding hydrogens is 488 g/mol. The first-order valence-corrected chi connectivity index (χ1v) is 12.0. The molecule has 4 atom stereocenters. The summed E-state index contributed by atoms with van der Waals surface area (Å²) in [5.41, 5.74) is 2.78. The van der Waals surface area contributed by atoms with Crippen molar-refractivity contribution >= 4 is 0 Å². The smallest absolute Gasteiger partial charge is 0.160 e. The van der Waals surface area contributed by atoms with Crippen LogP contribution >= 0.6 is 0 Å². The molecule has 0 aliphatic heterocycles. The maximum absolute atomic E-state index is 10.6. The molecule has 196 valence electrons. The van der Waals surface area contributed by atoms with Gasteiger partial charge in [-0.15, -0.1) is 0 Å². The molecule has 0 bridgehead atoms. The van der Waals surface area contributed by atoms with Crippen molar-refractivity contribution in [2.45, 2.75) is 23.7 Å². The van der Waals surface area contributed by atoms with E-state index < -0.39 is 0 Å². The van der Waals surface area contributed by atoms with E-state index >= 15 is 0 Å². The Balaban J connectivity index is 1.75. The Morgan fingerprint density at radius 3 is 1.03 bits per heavy atom. The third-order valence-electron chi connectivity index (χ3n) is 7.34. The van der Waals surface area contributed by atoms with Gasteiger partial charge in [0.1, 0.15) is 23.0 Å². The van der Waals surface area contributed by atoms with Gasteiger partial charge in [-0.3, -0.25) is 0 Å². The first-order valence-electron chi connectivity index (χ1n) is 12.0. The Morgan fingerprint density at radius 1 is 0.421 bits per heavy atom. The quantitative estimate of drug-likeness (QED) is 0.201. The van der Waals surface area contributed by atoms with Gasteiger partial charge in [0.25, 0.3) is 0 Å². The van der Waals surface area contributed by atoms with Gasteiger partial charge in [-0.1, -0.05) is 12.1 Å². The maximum atomic E-state index is 10.6. The molecule has 5 rings (SSSR count). The second-order valence-corrected chi connectivity index (χ2v) is 9.53. The van der Waals surface area contributed by atoms with Gasteiger partial charge in [0.05, 0.1) is 14.2 Å². The Hall–Kier alpha value is -4.72. The second kappa shape index (κ2) is 9.63. The number of phenolic OH excluding ortho intramolecular Hbond substituents is 6. The lowest BCUT2D eigenvalue weighted by Crippen LogP contribution is -2.40. The van der Waals surface area contributed by atoms with Crippen LogP contribution in [0.2, 0.25) is 0 Å². The molecule has 8 heteroatoms. The lowest BCUT2D eigenvalue weighted by atomic mass is 9.49. The molecule has 1 aliphatic carbocycles. The SMILES string of the molecule is COc1ccc([C@@H]2[C@@H](c3cc(O)cc(O)c3)[C@@H](c3cc(O)cc(O)c3)[C@@H]2c2ccc(OC)c(O)c2)cc1O. The summed E-state index contributed by atoms with van der Waals surface area (Å²) >= 11 is 0. The van der Waals surface area contributed by atoms with Crippen molar-refractivity contribution in [2.75, 3.05) is 14.2 Å². The first-order chi connectivity index (χ1) is 18.2. The molecule has 4 aromatic carbocycles. The van der Waals surface area contributed by atoms with Crippen molar-refractivity contribution in [3.05, 3.63) is 95.1 Å². The van der Waals surface area contributed by atoms with Gasteiger partial charge in [0.15, 0.2) is 23.0 Å². The highest BCUT2D eigenvalue weighted by Gasteiger charge is 2.53. The van der Waals surface area contributed by atoms with Gasteiger partial charge < -0.3 is 40.1 Å². The molecule has 8 nitrogen and oxygen atoms in total. The maximum Gasteiger partial charge on any atom is 0.160 e. The second-order valence-electron chi connectivity index (χ2n) is 9.53. The fourth-order valence-corrected chi connectivity index (χ4v) is 5.86. The molecular formula is C30H28O8. The monoisotopic (exact) mass is 516 g/mol. The Morgan fingerprint density at radius 2 is 0.737 bits per heavy atom. The summed E-state index contributed by atoms with van der Waals surface area (Å²) in [7, 11) is 2.92. The molecule has 0 aromatic heterocycles. The fourth-order valence-electron chi connectivity index (χ4n) is 5.86. The predicted molar refractivity (Wildman–Crippen MR) is 140 cm³/mol. The molecule has 0 heterocycles. The standard InChI is InChI=1S/C30H28O8/c1-37-25-5-3-15(11-23(25)35)27-28(16-4-6-26(38-2)24(36)12-16)30(18-9-21(33)14-22(34)10-18)29(27)17-7-19(31)13-20(32)8-17/h3-14,27-36H,1-2H3/t27-,28+,29+,30-. The summed E-state index contributed by atoms with van der Waals surface area (Å²) in [4.78, 5) is 0. The van der Waals surface area contributed by atoms with Crippen molar-refractivity contribution in [2.24, 2.45) is 0 Å². The van der Waals surface area contributed by atoms with E-state index in [-0.39, 0.29) is 58.2 Å². The van der Waals surface area contributed by atoms with E-state index in [1.54, 1.807) is 48.5 Å². The average Bonchev–Trinajstić information content (AvgIpc) is 2.82. The van der Waals surface area contributed by atoms with E-state index in [0.29, 0.717) is 22.6 Å². The topological polar surface area (TPSA) is 140 Å². The predicted octanol–water partition coefficient (Wildman–Crippen LogP) is 5.39. The zero-order valence-electron chi connectivity index (χ0n) is 20.7. The highest BCUT2D eigenvalue weighted by Crippen LogP contribution is 2.67. The molecule has 0 spiro atoms. The van der Waals surface area contributed by atoms with Crippen LogP contribution in [0.1, 0.15) is 45.9 Å². The van der Waals surface area contributed by atoms with Crippen LogP contribution in [0, 0.1) is 0 Å². The molecule has 38 heavy (non-hydrogen) atoms. The minimum Gasteiger partial charge on any atom is -0.508 e. The zero-order valence-corrected chi connectivity index (χ0v) is 20.7. The molecule has 4 aromatic rings. The van der Waals surface area contributed by atoms with Gasteiger partial charge in [-0.2, -0.15) is 0 Å². The van der Waals surface area contributed by atoms with Crippen LogP contribution in [-0.4, -0.2) is 44.9 Å². The normalized spacial score (nSPS) is 20.5. The highest BCUT2D eigenvalue weighted by atomic mass is 16.5. The van der Waals surface area contributed by atoms with Crippen LogP contribution in [-0.2, 0) is 0 Å². The third kappa shape index (κ3) is 4.34. The van der Waals surface area contributed by atoms with Crippen LogP contribution in [0.4, 0.5) is 0 Å². The number of hydrogen-bond acceptors (Lipinski definition) is 8. The summed E-state index contributed by atoms with van der Waals surface area (Å²) in [5.74, 6) is -1.26. The van der Waals surface area contributed by atoms with Crippen LogP contribution in [0.5, 0.6) is 46.0 Å². The number of hydrogen-bond donors (Lipinski definition) is 6. The number of aromatic hydroxyl groups is 6. The summed E-state index contributed by atoms with van der Waals surface area (Å²) in [6.45, 7) is 0. The van der Waals surface area contributed by atoms with Crippen molar-refractivity contribution in [3.63, 3.8) is 0 Å². The molecule has 1 saturated carbocycles. The van der Waals surface area contributed by atoms with E-state index in [9.17, 15) is 30.6 Å². The molecule has 6 N–H and O–H groups in total. The number of methoxy groups -OCH3 is 2. The van der Waals surface area contributed by atoms with E-state index in [1.807, 2.05) is 12.1 Å². The van der Waals surface area contributed by atoms with Crippen molar-refractivity contribution < 1.29 is 40.1 Å². The third-order valence-corrected chi connectivity index (χ3v) is 7.34. The summed E-state index contributed by atoms with van der Waals surface area (Å²) in [6.07, 6.45) is 0. The summed E-state index contributed by atoms with van der Waals surface area (Å²) < 4.78 is 10.5. The molecule has 1 fully saturated rings. The first kappa shape index (κ1) is 25.0. The Bertz CT molecular complexity index is 1340. The summed E-state index contributed by atoms with van der Waals surface area (Å²) in [5, 5.41) is 62.4. The van der Waals surface area contributed by atoms with Gasteiger partial charge in [-0.25, -0.2) is 0 Å². The molecule has 0 unspecified atom stereocenters. The minimum absolute atomic E-state index is 0.0442. The van der Waals surface area contributed by atoms with Crippen LogP contribution in [0.25, 0.3) is 0 Å². The minimum atomic E-state index is -0.365.